The van der Waals surface area contributed by atoms with Crippen molar-refractivity contribution in [2.24, 2.45) is 0 Å². The van der Waals surface area contributed by atoms with E-state index in [1.165, 1.54) is 5.56 Å². The summed E-state index contributed by atoms with van der Waals surface area (Å²) in [6, 6.07) is 13.1. The Morgan fingerprint density at radius 3 is 2.62 bits per heavy atom. The normalized spacial score (nSPS) is 16.2. The number of nitrogens with one attached hydrogen (secondary N) is 1. The molecule has 26 heavy (non-hydrogen) atoms. The molecule has 1 aliphatic carbocycles. The van der Waals surface area contributed by atoms with Gasteiger partial charge in [0.1, 0.15) is 0 Å². The molecular formula is C20H22N2O3S. The van der Waals surface area contributed by atoms with Crippen molar-refractivity contribution < 1.29 is 13.2 Å². The van der Waals surface area contributed by atoms with E-state index < -0.39 is 10.0 Å². The summed E-state index contributed by atoms with van der Waals surface area (Å²) in [6.45, 7) is 0.393. The molecule has 1 heterocycles. The Kier molecular flexibility index (Phi) is 4.54. The smallest absolute Gasteiger partial charge is 0.242 e. The molecule has 0 saturated carbocycles. The molecule has 0 fully saturated rings. The first-order valence-corrected chi connectivity index (χ1v) is 10.5. The van der Waals surface area contributed by atoms with Gasteiger partial charge in [0.2, 0.25) is 15.9 Å². The van der Waals surface area contributed by atoms with Gasteiger partial charge in [-0.15, -0.1) is 0 Å². The summed E-state index contributed by atoms with van der Waals surface area (Å²) >= 11 is 0. The molecule has 136 valence electrons. The van der Waals surface area contributed by atoms with Gasteiger partial charge in [-0.1, -0.05) is 24.3 Å². The van der Waals surface area contributed by atoms with Crippen molar-refractivity contribution in [3.8, 4) is 0 Å². The maximum atomic E-state index is 12.6. The molecule has 4 rings (SSSR count). The van der Waals surface area contributed by atoms with Gasteiger partial charge in [-0.2, -0.15) is 0 Å². The number of fused-ring (bicyclic) bond motifs is 2. The van der Waals surface area contributed by atoms with Crippen LogP contribution in [0.2, 0.25) is 0 Å². The van der Waals surface area contributed by atoms with Crippen molar-refractivity contribution >= 4 is 21.6 Å². The molecule has 2 aromatic carbocycles. The topological polar surface area (TPSA) is 66.5 Å². The van der Waals surface area contributed by atoms with E-state index in [1.807, 2.05) is 30.3 Å². The molecule has 2 aliphatic rings. The van der Waals surface area contributed by atoms with Crippen LogP contribution >= 0.6 is 0 Å². The number of hydrogen-bond donors (Lipinski definition) is 1. The number of rotatable bonds is 4. The third-order valence-electron chi connectivity index (χ3n) is 5.20. The number of carbonyl (C=O) groups excluding carboxylic acids is 1. The van der Waals surface area contributed by atoms with E-state index in [1.54, 1.807) is 17.0 Å². The minimum atomic E-state index is -3.69. The maximum Gasteiger partial charge on any atom is 0.242 e. The van der Waals surface area contributed by atoms with Crippen LogP contribution in [0.15, 0.2) is 47.4 Å². The Morgan fingerprint density at radius 1 is 0.962 bits per heavy atom. The molecule has 2 aromatic rings. The van der Waals surface area contributed by atoms with Crippen LogP contribution in [0.1, 0.15) is 29.5 Å². The third-order valence-corrected chi connectivity index (χ3v) is 6.60. The lowest BCUT2D eigenvalue weighted by atomic mass is 10.0. The number of para-hydroxylation sites is 1. The zero-order valence-corrected chi connectivity index (χ0v) is 15.4. The van der Waals surface area contributed by atoms with Crippen molar-refractivity contribution in [1.82, 2.24) is 4.72 Å². The number of amides is 1. The number of benzene rings is 2. The maximum absolute atomic E-state index is 12.6. The Balaban J connectivity index is 1.48. The fourth-order valence-electron chi connectivity index (χ4n) is 3.84. The summed E-state index contributed by atoms with van der Waals surface area (Å²) in [7, 11) is -3.69. The average molecular weight is 370 g/mol. The molecule has 1 aliphatic heterocycles. The van der Waals surface area contributed by atoms with Crippen LogP contribution in [0.4, 0.5) is 5.69 Å². The van der Waals surface area contributed by atoms with Crippen molar-refractivity contribution in [3.05, 3.63) is 59.2 Å². The SMILES string of the molecule is O=C(CNS(=O)(=O)c1ccc2c(c1)CCC2)N1CCCc2ccccc21. The number of anilines is 1. The van der Waals surface area contributed by atoms with Crippen LogP contribution in [0.5, 0.6) is 0 Å². The van der Waals surface area contributed by atoms with Crippen LogP contribution in [0.25, 0.3) is 0 Å². The monoisotopic (exact) mass is 370 g/mol. The minimum Gasteiger partial charge on any atom is -0.311 e. The molecule has 0 bridgehead atoms. The van der Waals surface area contributed by atoms with E-state index in [9.17, 15) is 13.2 Å². The van der Waals surface area contributed by atoms with Crippen molar-refractivity contribution in [2.75, 3.05) is 18.0 Å². The first-order chi connectivity index (χ1) is 12.5. The number of sulfonamides is 1. The van der Waals surface area contributed by atoms with Gasteiger partial charge < -0.3 is 4.90 Å². The summed E-state index contributed by atoms with van der Waals surface area (Å²) in [6.07, 6.45) is 4.83. The number of nitrogens with zero attached hydrogens (tertiary/aromatic N) is 1. The number of carbonyl (C=O) groups is 1. The van der Waals surface area contributed by atoms with E-state index in [0.29, 0.717) is 6.54 Å². The highest BCUT2D eigenvalue weighted by molar-refractivity contribution is 7.89. The summed E-state index contributed by atoms with van der Waals surface area (Å²) in [5, 5.41) is 0. The summed E-state index contributed by atoms with van der Waals surface area (Å²) in [5.74, 6) is -0.220. The Bertz CT molecular complexity index is 953. The highest BCUT2D eigenvalue weighted by atomic mass is 32.2. The van der Waals surface area contributed by atoms with E-state index in [-0.39, 0.29) is 17.3 Å². The van der Waals surface area contributed by atoms with Crippen LogP contribution < -0.4 is 9.62 Å². The van der Waals surface area contributed by atoms with Gasteiger partial charge >= 0.3 is 0 Å². The summed E-state index contributed by atoms with van der Waals surface area (Å²) in [5.41, 5.74) is 4.35. The first-order valence-electron chi connectivity index (χ1n) is 9.04. The Labute approximate surface area is 154 Å². The van der Waals surface area contributed by atoms with Gasteiger partial charge in [-0.3, -0.25) is 4.79 Å². The zero-order valence-electron chi connectivity index (χ0n) is 14.6. The second-order valence-corrected chi connectivity index (χ2v) is 8.65. The predicted octanol–water partition coefficient (Wildman–Crippen LogP) is 2.43. The Morgan fingerprint density at radius 2 is 1.73 bits per heavy atom. The summed E-state index contributed by atoms with van der Waals surface area (Å²) in [4.78, 5) is 14.6. The predicted molar refractivity (Wildman–Crippen MR) is 101 cm³/mol. The molecular weight excluding hydrogens is 348 g/mol. The van der Waals surface area contributed by atoms with Gasteiger partial charge in [0.15, 0.2) is 0 Å². The molecule has 0 atom stereocenters. The van der Waals surface area contributed by atoms with Crippen LogP contribution in [-0.4, -0.2) is 27.4 Å². The molecule has 5 nitrogen and oxygen atoms in total. The lowest BCUT2D eigenvalue weighted by molar-refractivity contribution is -0.117. The molecule has 1 N–H and O–H groups in total. The van der Waals surface area contributed by atoms with Crippen molar-refractivity contribution in [1.29, 1.82) is 0 Å². The minimum absolute atomic E-state index is 0.220. The zero-order chi connectivity index (χ0) is 18.1. The summed E-state index contributed by atoms with van der Waals surface area (Å²) < 4.78 is 27.6. The first kappa shape index (κ1) is 17.2. The van der Waals surface area contributed by atoms with Gasteiger partial charge in [-0.25, -0.2) is 13.1 Å². The van der Waals surface area contributed by atoms with Crippen LogP contribution in [0.3, 0.4) is 0 Å². The Hall–Kier alpha value is -2.18. The fourth-order valence-corrected chi connectivity index (χ4v) is 4.87. The van der Waals surface area contributed by atoms with E-state index >= 15 is 0 Å². The van der Waals surface area contributed by atoms with Gasteiger partial charge in [0.25, 0.3) is 0 Å². The van der Waals surface area contributed by atoms with Crippen LogP contribution in [-0.2, 0) is 34.1 Å². The molecule has 0 radical (unpaired) electrons. The van der Waals surface area contributed by atoms with Crippen LogP contribution in [0, 0.1) is 0 Å². The number of aryl methyl sites for hydroxylation is 3. The molecule has 0 saturated heterocycles. The van der Waals surface area contributed by atoms with Gasteiger partial charge in [0, 0.05) is 12.2 Å². The molecule has 0 unspecified atom stereocenters. The molecule has 0 spiro atoms. The quantitative estimate of drug-likeness (QED) is 0.899. The number of hydrogen-bond acceptors (Lipinski definition) is 3. The third kappa shape index (κ3) is 3.27. The van der Waals surface area contributed by atoms with E-state index in [4.69, 9.17) is 0 Å². The lowest BCUT2D eigenvalue weighted by Gasteiger charge is -2.29. The molecule has 6 heteroatoms. The fraction of sp³-hybridized carbons (Fsp3) is 0.350. The largest absolute Gasteiger partial charge is 0.311 e. The van der Waals surface area contributed by atoms with Crippen molar-refractivity contribution in [3.63, 3.8) is 0 Å². The van der Waals surface area contributed by atoms with E-state index in [0.717, 1.165) is 48.9 Å². The standard InChI is InChI=1S/C20H22N2O3S/c23-20(22-12-4-8-16-5-1-2-9-19(16)22)14-21-26(24,25)18-11-10-15-6-3-7-17(15)13-18/h1-2,5,9-11,13,21H,3-4,6-8,12,14H2. The molecule has 1 amide bonds. The highest BCUT2D eigenvalue weighted by Crippen LogP contribution is 2.27. The highest BCUT2D eigenvalue weighted by Gasteiger charge is 2.24. The van der Waals surface area contributed by atoms with Crippen molar-refractivity contribution in [2.45, 2.75) is 37.0 Å². The lowest BCUT2D eigenvalue weighted by Crippen LogP contribution is -2.42. The second kappa shape index (κ2) is 6.85. The average Bonchev–Trinajstić information content (AvgIpc) is 3.13. The van der Waals surface area contributed by atoms with E-state index in [2.05, 4.69) is 4.72 Å². The second-order valence-electron chi connectivity index (χ2n) is 6.89. The van der Waals surface area contributed by atoms with Gasteiger partial charge in [0.05, 0.1) is 11.4 Å². The van der Waals surface area contributed by atoms with Gasteiger partial charge in [-0.05, 0) is 67.0 Å². The molecule has 0 aromatic heterocycles.